The van der Waals surface area contributed by atoms with Gasteiger partial charge in [-0.2, -0.15) is 0 Å². The minimum atomic E-state index is 0.0323. The lowest BCUT2D eigenvalue weighted by atomic mass is 9.97. The number of nitrogens with two attached hydrogens (primary N) is 1. The van der Waals surface area contributed by atoms with Gasteiger partial charge in [0.05, 0.1) is 13.2 Å². The van der Waals surface area contributed by atoms with Gasteiger partial charge in [-0.05, 0) is 37.5 Å². The Labute approximate surface area is 104 Å². The van der Waals surface area contributed by atoms with E-state index in [1.54, 1.807) is 0 Å². The van der Waals surface area contributed by atoms with Crippen LogP contribution in [-0.4, -0.2) is 13.2 Å². The topological polar surface area (TPSA) is 44.5 Å². The fraction of sp³-hybridized carbons (Fsp3) is 0.571. The van der Waals surface area contributed by atoms with Gasteiger partial charge in [0.1, 0.15) is 0 Å². The molecule has 0 unspecified atom stereocenters. The van der Waals surface area contributed by atoms with Crippen molar-refractivity contribution < 1.29 is 9.47 Å². The number of ether oxygens (including phenoxy) is 2. The SMILES string of the molecule is CCOc1ccc([C@@H](N)C(C)C)cc1OCC. The van der Waals surface area contributed by atoms with Crippen molar-refractivity contribution in [3.8, 4) is 11.5 Å². The molecule has 0 aromatic heterocycles. The Balaban J connectivity index is 3.00. The van der Waals surface area contributed by atoms with Crippen molar-refractivity contribution in [2.45, 2.75) is 33.7 Å². The Morgan fingerprint density at radius 2 is 1.65 bits per heavy atom. The first kappa shape index (κ1) is 13.8. The molecule has 0 saturated heterocycles. The second kappa shape index (κ2) is 6.50. The zero-order valence-corrected chi connectivity index (χ0v) is 11.2. The molecule has 0 aliphatic carbocycles. The molecule has 17 heavy (non-hydrogen) atoms. The van der Waals surface area contributed by atoms with Crippen molar-refractivity contribution in [3.05, 3.63) is 23.8 Å². The summed E-state index contributed by atoms with van der Waals surface area (Å²) in [5.41, 5.74) is 7.22. The molecule has 1 aromatic rings. The molecule has 0 saturated carbocycles. The molecule has 0 radical (unpaired) electrons. The fourth-order valence-corrected chi connectivity index (χ4v) is 1.66. The molecule has 1 rings (SSSR count). The van der Waals surface area contributed by atoms with Gasteiger partial charge in [-0.15, -0.1) is 0 Å². The molecular weight excluding hydrogens is 214 g/mol. The molecule has 0 amide bonds. The van der Waals surface area contributed by atoms with Crippen LogP contribution < -0.4 is 15.2 Å². The lowest BCUT2D eigenvalue weighted by molar-refractivity contribution is 0.287. The highest BCUT2D eigenvalue weighted by molar-refractivity contribution is 5.44. The molecule has 3 nitrogen and oxygen atoms in total. The van der Waals surface area contributed by atoms with Crippen molar-refractivity contribution in [2.75, 3.05) is 13.2 Å². The molecule has 3 heteroatoms. The predicted octanol–water partition coefficient (Wildman–Crippen LogP) is 3.14. The van der Waals surface area contributed by atoms with Crippen LogP contribution in [0, 0.1) is 5.92 Å². The summed E-state index contributed by atoms with van der Waals surface area (Å²) in [6.07, 6.45) is 0. The quantitative estimate of drug-likeness (QED) is 0.826. The summed E-state index contributed by atoms with van der Waals surface area (Å²) in [5, 5.41) is 0. The molecule has 1 aromatic carbocycles. The average molecular weight is 237 g/mol. The van der Waals surface area contributed by atoms with Gasteiger partial charge in [0.2, 0.25) is 0 Å². The van der Waals surface area contributed by atoms with Gasteiger partial charge in [-0.1, -0.05) is 19.9 Å². The van der Waals surface area contributed by atoms with Crippen molar-refractivity contribution in [1.29, 1.82) is 0 Å². The van der Waals surface area contributed by atoms with Crippen molar-refractivity contribution in [1.82, 2.24) is 0 Å². The maximum absolute atomic E-state index is 6.13. The molecule has 96 valence electrons. The zero-order valence-electron chi connectivity index (χ0n) is 11.2. The molecule has 0 fully saturated rings. The highest BCUT2D eigenvalue weighted by Gasteiger charge is 2.13. The van der Waals surface area contributed by atoms with Crippen LogP contribution in [0.25, 0.3) is 0 Å². The second-order valence-corrected chi connectivity index (χ2v) is 4.34. The van der Waals surface area contributed by atoms with E-state index in [9.17, 15) is 0 Å². The van der Waals surface area contributed by atoms with E-state index in [1.165, 1.54) is 0 Å². The molecule has 2 N–H and O–H groups in total. The summed E-state index contributed by atoms with van der Waals surface area (Å²) in [6.45, 7) is 9.41. The Morgan fingerprint density at radius 3 is 2.18 bits per heavy atom. The predicted molar refractivity (Wildman–Crippen MR) is 70.5 cm³/mol. The lowest BCUT2D eigenvalue weighted by Crippen LogP contribution is -2.16. The Hall–Kier alpha value is -1.22. The molecular formula is C14H23NO2. The van der Waals surface area contributed by atoms with E-state index >= 15 is 0 Å². The maximum Gasteiger partial charge on any atom is 0.161 e. The van der Waals surface area contributed by atoms with E-state index in [2.05, 4.69) is 13.8 Å². The summed E-state index contributed by atoms with van der Waals surface area (Å²) in [6, 6.07) is 5.97. The van der Waals surface area contributed by atoms with Gasteiger partial charge < -0.3 is 15.2 Å². The van der Waals surface area contributed by atoms with E-state index in [-0.39, 0.29) is 6.04 Å². The first-order valence-corrected chi connectivity index (χ1v) is 6.25. The van der Waals surface area contributed by atoms with Crippen LogP contribution in [0.15, 0.2) is 18.2 Å². The van der Waals surface area contributed by atoms with Crippen LogP contribution in [-0.2, 0) is 0 Å². The Kier molecular flexibility index (Phi) is 5.29. The van der Waals surface area contributed by atoms with Gasteiger partial charge in [-0.3, -0.25) is 0 Å². The summed E-state index contributed by atoms with van der Waals surface area (Å²) >= 11 is 0. The van der Waals surface area contributed by atoms with Crippen LogP contribution in [0.1, 0.15) is 39.3 Å². The lowest BCUT2D eigenvalue weighted by Gasteiger charge is -2.18. The van der Waals surface area contributed by atoms with E-state index in [0.29, 0.717) is 19.1 Å². The van der Waals surface area contributed by atoms with Gasteiger partial charge >= 0.3 is 0 Å². The summed E-state index contributed by atoms with van der Waals surface area (Å²) in [7, 11) is 0. The minimum Gasteiger partial charge on any atom is -0.490 e. The molecule has 0 aliphatic rings. The number of hydrogen-bond acceptors (Lipinski definition) is 3. The number of benzene rings is 1. The first-order chi connectivity index (χ1) is 8.10. The van der Waals surface area contributed by atoms with Crippen LogP contribution in [0.2, 0.25) is 0 Å². The van der Waals surface area contributed by atoms with E-state index in [1.807, 2.05) is 32.0 Å². The van der Waals surface area contributed by atoms with Crippen LogP contribution >= 0.6 is 0 Å². The van der Waals surface area contributed by atoms with E-state index < -0.39 is 0 Å². The van der Waals surface area contributed by atoms with Crippen molar-refractivity contribution in [3.63, 3.8) is 0 Å². The van der Waals surface area contributed by atoms with E-state index in [4.69, 9.17) is 15.2 Å². The summed E-state index contributed by atoms with van der Waals surface area (Å²) in [4.78, 5) is 0. The summed E-state index contributed by atoms with van der Waals surface area (Å²) < 4.78 is 11.1. The summed E-state index contributed by atoms with van der Waals surface area (Å²) in [5.74, 6) is 1.97. The van der Waals surface area contributed by atoms with Crippen LogP contribution in [0.3, 0.4) is 0 Å². The molecule has 0 aliphatic heterocycles. The molecule has 1 atom stereocenters. The molecule has 0 spiro atoms. The fourth-order valence-electron chi connectivity index (χ4n) is 1.66. The number of rotatable bonds is 6. The molecule has 0 bridgehead atoms. The van der Waals surface area contributed by atoms with Crippen LogP contribution in [0.4, 0.5) is 0 Å². The van der Waals surface area contributed by atoms with Crippen molar-refractivity contribution >= 4 is 0 Å². The smallest absolute Gasteiger partial charge is 0.161 e. The monoisotopic (exact) mass is 237 g/mol. The third-order valence-electron chi connectivity index (χ3n) is 2.67. The zero-order chi connectivity index (χ0) is 12.8. The highest BCUT2D eigenvalue weighted by Crippen LogP contribution is 2.31. The van der Waals surface area contributed by atoms with Gasteiger partial charge in [-0.25, -0.2) is 0 Å². The minimum absolute atomic E-state index is 0.0323. The standard InChI is InChI=1S/C14H23NO2/c1-5-16-12-8-7-11(14(15)10(3)4)9-13(12)17-6-2/h7-10,14H,5-6,15H2,1-4H3/t14-/m0/s1. The highest BCUT2D eigenvalue weighted by atomic mass is 16.5. The van der Waals surface area contributed by atoms with Gasteiger partial charge in [0, 0.05) is 6.04 Å². The first-order valence-electron chi connectivity index (χ1n) is 6.25. The molecule has 0 heterocycles. The third kappa shape index (κ3) is 3.63. The second-order valence-electron chi connectivity index (χ2n) is 4.34. The number of hydrogen-bond donors (Lipinski definition) is 1. The largest absolute Gasteiger partial charge is 0.490 e. The normalized spacial score (nSPS) is 12.6. The van der Waals surface area contributed by atoms with Gasteiger partial charge in [0.15, 0.2) is 11.5 Å². The Bertz CT molecular complexity index is 350. The van der Waals surface area contributed by atoms with Crippen LogP contribution in [0.5, 0.6) is 11.5 Å². The third-order valence-corrected chi connectivity index (χ3v) is 2.67. The van der Waals surface area contributed by atoms with E-state index in [0.717, 1.165) is 17.1 Å². The van der Waals surface area contributed by atoms with Gasteiger partial charge in [0.25, 0.3) is 0 Å². The Morgan fingerprint density at radius 1 is 1.06 bits per heavy atom. The van der Waals surface area contributed by atoms with Crippen molar-refractivity contribution in [2.24, 2.45) is 11.7 Å². The average Bonchev–Trinajstić information content (AvgIpc) is 2.31. The maximum atomic E-state index is 6.13.